The van der Waals surface area contributed by atoms with Crippen LogP contribution in [0.15, 0.2) is 53.5 Å². The topological polar surface area (TPSA) is 115 Å². The molecule has 1 aliphatic rings. The number of aryl methyl sites for hydroxylation is 1. The smallest absolute Gasteiger partial charge is 0.263 e. The SMILES string of the molecule is Cc1ccccc1-c1c[nH]c(=O)c2cc(O[C@H](C)C(=O)N3CCO[C@H](C(N)=O)C3)ccc12. The molecule has 166 valence electrons. The summed E-state index contributed by atoms with van der Waals surface area (Å²) in [6.45, 7) is 4.34. The Labute approximate surface area is 184 Å². The molecule has 8 heteroatoms. The number of H-pyrrole nitrogens is 1. The average Bonchev–Trinajstić information content (AvgIpc) is 2.80. The number of pyridine rings is 1. The molecule has 3 N–H and O–H groups in total. The first-order valence-corrected chi connectivity index (χ1v) is 10.4. The predicted octanol–water partition coefficient (Wildman–Crippen LogP) is 1.98. The number of ether oxygens (including phenoxy) is 2. The van der Waals surface area contributed by atoms with E-state index < -0.39 is 18.1 Å². The molecule has 1 saturated heterocycles. The molecular weight excluding hydrogens is 410 g/mol. The van der Waals surface area contributed by atoms with Crippen LogP contribution in [0.4, 0.5) is 0 Å². The van der Waals surface area contributed by atoms with Gasteiger partial charge < -0.3 is 25.1 Å². The first-order chi connectivity index (χ1) is 15.3. The Bertz CT molecular complexity index is 1240. The third-order valence-electron chi connectivity index (χ3n) is 5.66. The van der Waals surface area contributed by atoms with Gasteiger partial charge in [0.05, 0.1) is 18.5 Å². The van der Waals surface area contributed by atoms with Crippen molar-refractivity contribution >= 4 is 22.6 Å². The Balaban J connectivity index is 1.58. The molecule has 1 aliphatic heterocycles. The molecule has 2 atom stereocenters. The van der Waals surface area contributed by atoms with Gasteiger partial charge in [-0.15, -0.1) is 0 Å². The van der Waals surface area contributed by atoms with Gasteiger partial charge in [0.1, 0.15) is 5.75 Å². The Hall–Kier alpha value is -3.65. The number of benzene rings is 2. The Morgan fingerprint density at radius 3 is 2.72 bits per heavy atom. The highest BCUT2D eigenvalue weighted by molar-refractivity contribution is 5.97. The zero-order chi connectivity index (χ0) is 22.8. The van der Waals surface area contributed by atoms with Gasteiger partial charge in [0.25, 0.3) is 11.5 Å². The van der Waals surface area contributed by atoms with E-state index in [0.717, 1.165) is 22.1 Å². The number of hydrogen-bond donors (Lipinski definition) is 2. The minimum atomic E-state index is -0.820. The second-order valence-electron chi connectivity index (χ2n) is 7.86. The molecule has 0 unspecified atom stereocenters. The summed E-state index contributed by atoms with van der Waals surface area (Å²) in [6, 6.07) is 13.2. The predicted molar refractivity (Wildman–Crippen MR) is 120 cm³/mol. The molecule has 2 aromatic carbocycles. The van der Waals surface area contributed by atoms with Crippen LogP contribution in [-0.2, 0) is 14.3 Å². The number of amides is 2. The number of morpholine rings is 1. The van der Waals surface area contributed by atoms with Gasteiger partial charge in [0.15, 0.2) is 12.2 Å². The molecule has 4 rings (SSSR count). The molecule has 0 aliphatic carbocycles. The number of nitrogens with two attached hydrogens (primary N) is 1. The van der Waals surface area contributed by atoms with Crippen molar-refractivity contribution in [1.29, 1.82) is 0 Å². The van der Waals surface area contributed by atoms with Crippen LogP contribution in [0.2, 0.25) is 0 Å². The quantitative estimate of drug-likeness (QED) is 0.636. The molecule has 8 nitrogen and oxygen atoms in total. The highest BCUT2D eigenvalue weighted by Crippen LogP contribution is 2.30. The van der Waals surface area contributed by atoms with Gasteiger partial charge in [0.2, 0.25) is 5.91 Å². The van der Waals surface area contributed by atoms with Crippen molar-refractivity contribution in [2.45, 2.75) is 26.1 Å². The van der Waals surface area contributed by atoms with Crippen LogP contribution < -0.4 is 16.0 Å². The minimum Gasteiger partial charge on any atom is -0.481 e. The lowest BCUT2D eigenvalue weighted by atomic mass is 9.97. The first kappa shape index (κ1) is 21.6. The molecule has 1 fully saturated rings. The second kappa shape index (κ2) is 8.84. The van der Waals surface area contributed by atoms with Crippen molar-refractivity contribution in [2.24, 2.45) is 5.73 Å². The van der Waals surface area contributed by atoms with E-state index >= 15 is 0 Å². The van der Waals surface area contributed by atoms with Crippen molar-refractivity contribution in [3.63, 3.8) is 0 Å². The van der Waals surface area contributed by atoms with Gasteiger partial charge in [-0.05, 0) is 48.6 Å². The number of hydrogen-bond acceptors (Lipinski definition) is 5. The standard InChI is InChI=1S/C24H25N3O5/c1-14-5-3-4-6-17(14)20-12-26-23(29)19-11-16(7-8-18(19)20)32-15(2)24(30)27-9-10-31-21(13-27)22(25)28/h3-8,11-12,15,21H,9-10,13H2,1-2H3,(H2,25,28)(H,26,29)/t15-,21+/m1/s1. The number of nitrogens with one attached hydrogen (secondary N) is 1. The van der Waals surface area contributed by atoms with Crippen molar-refractivity contribution in [2.75, 3.05) is 19.7 Å². The third-order valence-corrected chi connectivity index (χ3v) is 5.66. The van der Waals surface area contributed by atoms with Crippen molar-refractivity contribution < 1.29 is 19.1 Å². The molecule has 0 bridgehead atoms. The van der Waals surface area contributed by atoms with Crippen LogP contribution in [0.5, 0.6) is 5.75 Å². The Kier molecular flexibility index (Phi) is 5.96. The van der Waals surface area contributed by atoms with Gasteiger partial charge in [-0.2, -0.15) is 0 Å². The van der Waals surface area contributed by atoms with Gasteiger partial charge >= 0.3 is 0 Å². The number of nitrogens with zero attached hydrogens (tertiary/aromatic N) is 1. The van der Waals surface area contributed by atoms with Crippen LogP contribution in [-0.4, -0.2) is 53.6 Å². The van der Waals surface area contributed by atoms with Gasteiger partial charge in [0, 0.05) is 18.3 Å². The van der Waals surface area contributed by atoms with Crippen molar-refractivity contribution in [3.8, 4) is 16.9 Å². The fraction of sp³-hybridized carbons (Fsp3) is 0.292. The summed E-state index contributed by atoms with van der Waals surface area (Å²) in [4.78, 5) is 41.0. The summed E-state index contributed by atoms with van der Waals surface area (Å²) in [7, 11) is 0. The fourth-order valence-corrected chi connectivity index (χ4v) is 3.94. The molecular formula is C24H25N3O5. The summed E-state index contributed by atoms with van der Waals surface area (Å²) >= 11 is 0. The van der Waals surface area contributed by atoms with Crippen molar-refractivity contribution in [1.82, 2.24) is 9.88 Å². The van der Waals surface area contributed by atoms with E-state index in [2.05, 4.69) is 4.98 Å². The summed E-state index contributed by atoms with van der Waals surface area (Å²) in [5.74, 6) is -0.470. The lowest BCUT2D eigenvalue weighted by Gasteiger charge is -2.33. The van der Waals surface area contributed by atoms with E-state index in [1.54, 1.807) is 25.3 Å². The van der Waals surface area contributed by atoms with Gasteiger partial charge in [-0.25, -0.2) is 0 Å². The average molecular weight is 435 g/mol. The summed E-state index contributed by atoms with van der Waals surface area (Å²) < 4.78 is 11.1. The first-order valence-electron chi connectivity index (χ1n) is 10.4. The number of aromatic nitrogens is 1. The molecule has 32 heavy (non-hydrogen) atoms. The fourth-order valence-electron chi connectivity index (χ4n) is 3.94. The van der Waals surface area contributed by atoms with E-state index in [1.165, 1.54) is 4.90 Å². The Morgan fingerprint density at radius 2 is 1.97 bits per heavy atom. The molecule has 0 spiro atoms. The number of primary amides is 1. The molecule has 3 aromatic rings. The highest BCUT2D eigenvalue weighted by atomic mass is 16.5. The highest BCUT2D eigenvalue weighted by Gasteiger charge is 2.30. The van der Waals surface area contributed by atoms with Crippen molar-refractivity contribution in [3.05, 3.63) is 64.6 Å². The Morgan fingerprint density at radius 1 is 1.19 bits per heavy atom. The molecule has 2 heterocycles. The summed E-state index contributed by atoms with van der Waals surface area (Å²) in [5.41, 5.74) is 8.10. The molecule has 2 amide bonds. The van der Waals surface area contributed by atoms with Crippen LogP contribution in [0.1, 0.15) is 12.5 Å². The van der Waals surface area contributed by atoms with Crippen LogP contribution in [0.3, 0.4) is 0 Å². The van der Waals surface area contributed by atoms with E-state index in [-0.39, 0.29) is 24.6 Å². The normalized spacial score (nSPS) is 17.2. The number of fused-ring (bicyclic) bond motifs is 1. The van der Waals surface area contributed by atoms with Crippen LogP contribution in [0.25, 0.3) is 21.9 Å². The van der Waals surface area contributed by atoms with E-state index in [4.69, 9.17) is 15.2 Å². The number of carbonyl (C=O) groups excluding carboxylic acids is 2. The van der Waals surface area contributed by atoms with Crippen LogP contribution >= 0.6 is 0 Å². The molecule has 0 saturated carbocycles. The van der Waals surface area contributed by atoms with E-state index in [1.807, 2.05) is 37.3 Å². The summed E-state index contributed by atoms with van der Waals surface area (Å²) in [6.07, 6.45) is 0.0875. The van der Waals surface area contributed by atoms with E-state index in [9.17, 15) is 14.4 Å². The minimum absolute atomic E-state index is 0.0963. The molecule has 0 radical (unpaired) electrons. The summed E-state index contributed by atoms with van der Waals surface area (Å²) in [5, 5.41) is 1.27. The lowest BCUT2D eigenvalue weighted by Crippen LogP contribution is -2.53. The second-order valence-corrected chi connectivity index (χ2v) is 7.86. The number of aromatic amines is 1. The maximum absolute atomic E-state index is 12.8. The van der Waals surface area contributed by atoms with Gasteiger partial charge in [-0.1, -0.05) is 24.3 Å². The lowest BCUT2D eigenvalue weighted by molar-refractivity contribution is -0.150. The van der Waals surface area contributed by atoms with E-state index in [0.29, 0.717) is 17.7 Å². The zero-order valence-corrected chi connectivity index (χ0v) is 18.0. The monoisotopic (exact) mass is 435 g/mol. The number of rotatable bonds is 5. The largest absolute Gasteiger partial charge is 0.481 e. The maximum Gasteiger partial charge on any atom is 0.263 e. The number of carbonyl (C=O) groups is 2. The zero-order valence-electron chi connectivity index (χ0n) is 18.0. The maximum atomic E-state index is 12.8. The third kappa shape index (κ3) is 4.22. The van der Waals surface area contributed by atoms with Gasteiger partial charge in [-0.3, -0.25) is 14.4 Å². The van der Waals surface area contributed by atoms with Crippen LogP contribution in [0, 0.1) is 6.92 Å². The molecule has 1 aromatic heterocycles.